The highest BCUT2D eigenvalue weighted by molar-refractivity contribution is 6.30. The summed E-state index contributed by atoms with van der Waals surface area (Å²) >= 11 is 5.87. The summed E-state index contributed by atoms with van der Waals surface area (Å²) < 4.78 is 40.0. The molecule has 0 atom stereocenters. The molecule has 1 aliphatic carbocycles. The maximum absolute atomic E-state index is 12.9. The summed E-state index contributed by atoms with van der Waals surface area (Å²) in [5, 5.41) is 9.65. The molecule has 0 bridgehead atoms. The molecule has 1 aromatic heterocycles. The fraction of sp³-hybridized carbons (Fsp3) is 0.389. The molecule has 1 aliphatic rings. The molecule has 0 aliphatic heterocycles. The average molecular weight is 401 g/mol. The summed E-state index contributed by atoms with van der Waals surface area (Å²) in [6.07, 6.45) is -4.07. The molecule has 5 nitrogen and oxygen atoms in total. The van der Waals surface area contributed by atoms with Crippen LogP contribution in [0.2, 0.25) is 5.02 Å². The second-order valence-corrected chi connectivity index (χ2v) is 6.98. The number of rotatable bonds is 3. The predicted molar refractivity (Wildman–Crippen MR) is 92.6 cm³/mol. The molecule has 9 heteroatoms. The molecule has 2 aromatic rings. The van der Waals surface area contributed by atoms with Crippen molar-refractivity contribution >= 4 is 17.6 Å². The van der Waals surface area contributed by atoms with Crippen LogP contribution >= 0.6 is 11.6 Å². The summed E-state index contributed by atoms with van der Waals surface area (Å²) in [5.41, 5.74) is -0.586. The van der Waals surface area contributed by atoms with Crippen molar-refractivity contribution in [3.63, 3.8) is 0 Å². The van der Waals surface area contributed by atoms with Crippen LogP contribution in [0.15, 0.2) is 35.1 Å². The highest BCUT2D eigenvalue weighted by Gasteiger charge is 2.42. The van der Waals surface area contributed by atoms with Crippen molar-refractivity contribution in [2.75, 3.05) is 0 Å². The number of carbonyl (C=O) groups is 1. The SMILES string of the molecule is O=C(O)c1cc(=O)n(-c2ccc(Cl)cc2)c([C@H]2CC[C@@H](C(F)(F)F)CC2)n1. The normalized spacial score (nSPS) is 20.4. The highest BCUT2D eigenvalue weighted by atomic mass is 35.5. The number of hydrogen-bond acceptors (Lipinski definition) is 3. The van der Waals surface area contributed by atoms with Crippen molar-refractivity contribution in [3.05, 3.63) is 57.2 Å². The molecule has 3 rings (SSSR count). The van der Waals surface area contributed by atoms with Crippen LogP contribution in [0.25, 0.3) is 5.69 Å². The zero-order chi connectivity index (χ0) is 19.8. The Morgan fingerprint density at radius 1 is 1.15 bits per heavy atom. The Kier molecular flexibility index (Phi) is 5.28. The van der Waals surface area contributed by atoms with Crippen molar-refractivity contribution < 1.29 is 23.1 Å². The smallest absolute Gasteiger partial charge is 0.391 e. The summed E-state index contributed by atoms with van der Waals surface area (Å²) in [5.74, 6) is -3.01. The van der Waals surface area contributed by atoms with Gasteiger partial charge in [-0.1, -0.05) is 11.6 Å². The Morgan fingerprint density at radius 2 is 1.74 bits per heavy atom. The number of carboxylic acids is 1. The Hall–Kier alpha value is -2.35. The first-order chi connectivity index (χ1) is 12.7. The van der Waals surface area contributed by atoms with Crippen LogP contribution in [-0.2, 0) is 0 Å². The molecule has 0 radical (unpaired) electrons. The molecular formula is C18H16ClF3N2O3. The van der Waals surface area contributed by atoms with Gasteiger partial charge in [0.05, 0.1) is 11.6 Å². The number of carboxylic acid groups (broad SMARTS) is 1. The van der Waals surface area contributed by atoms with Gasteiger partial charge < -0.3 is 5.11 Å². The molecule has 27 heavy (non-hydrogen) atoms. The molecule has 0 spiro atoms. The predicted octanol–water partition coefficient (Wildman–Crippen LogP) is 4.42. The van der Waals surface area contributed by atoms with Gasteiger partial charge in [0.2, 0.25) is 0 Å². The lowest BCUT2D eigenvalue weighted by molar-refractivity contribution is -0.182. The van der Waals surface area contributed by atoms with E-state index in [4.69, 9.17) is 11.6 Å². The summed E-state index contributed by atoms with van der Waals surface area (Å²) in [6.45, 7) is 0. The molecule has 1 N–H and O–H groups in total. The molecule has 144 valence electrons. The van der Waals surface area contributed by atoms with Crippen molar-refractivity contribution in [2.45, 2.75) is 37.8 Å². The van der Waals surface area contributed by atoms with Gasteiger partial charge in [0.1, 0.15) is 5.82 Å². The van der Waals surface area contributed by atoms with Crippen molar-refractivity contribution in [2.24, 2.45) is 5.92 Å². The number of halogens is 4. The Labute approximate surface area is 157 Å². The minimum absolute atomic E-state index is 0.0814. The van der Waals surface area contributed by atoms with Crippen LogP contribution in [0.3, 0.4) is 0 Å². The monoisotopic (exact) mass is 400 g/mol. The molecule has 1 heterocycles. The Morgan fingerprint density at radius 3 is 2.26 bits per heavy atom. The van der Waals surface area contributed by atoms with Gasteiger partial charge in [-0.25, -0.2) is 9.78 Å². The number of benzene rings is 1. The second-order valence-electron chi connectivity index (χ2n) is 6.54. The lowest BCUT2D eigenvalue weighted by Gasteiger charge is -2.30. The zero-order valence-electron chi connectivity index (χ0n) is 14.0. The quantitative estimate of drug-likeness (QED) is 0.827. The van der Waals surface area contributed by atoms with Gasteiger partial charge in [-0.3, -0.25) is 9.36 Å². The maximum atomic E-state index is 12.9. The summed E-state index contributed by atoms with van der Waals surface area (Å²) in [6, 6.07) is 7.20. The first-order valence-electron chi connectivity index (χ1n) is 8.36. The van der Waals surface area contributed by atoms with Gasteiger partial charge in [-0.2, -0.15) is 13.2 Å². The minimum atomic E-state index is -4.25. The third kappa shape index (κ3) is 4.16. The van der Waals surface area contributed by atoms with E-state index < -0.39 is 35.2 Å². The highest BCUT2D eigenvalue weighted by Crippen LogP contribution is 2.42. The van der Waals surface area contributed by atoms with Gasteiger partial charge in [-0.15, -0.1) is 0 Å². The van der Waals surface area contributed by atoms with Gasteiger partial charge >= 0.3 is 12.1 Å². The first kappa shape index (κ1) is 19.4. The van der Waals surface area contributed by atoms with E-state index in [-0.39, 0.29) is 31.5 Å². The van der Waals surface area contributed by atoms with Crippen molar-refractivity contribution in [1.82, 2.24) is 9.55 Å². The maximum Gasteiger partial charge on any atom is 0.391 e. The van der Waals surface area contributed by atoms with E-state index >= 15 is 0 Å². The number of aromatic carboxylic acids is 1. The van der Waals surface area contributed by atoms with Crippen LogP contribution < -0.4 is 5.56 Å². The second kappa shape index (κ2) is 7.34. The van der Waals surface area contributed by atoms with Gasteiger partial charge in [-0.05, 0) is 49.9 Å². The zero-order valence-corrected chi connectivity index (χ0v) is 14.8. The van der Waals surface area contributed by atoms with E-state index in [1.54, 1.807) is 24.3 Å². The van der Waals surface area contributed by atoms with E-state index in [9.17, 15) is 27.9 Å². The number of hydrogen-bond donors (Lipinski definition) is 1. The summed E-state index contributed by atoms with van der Waals surface area (Å²) in [4.78, 5) is 27.9. The van der Waals surface area contributed by atoms with E-state index in [0.717, 1.165) is 6.07 Å². The molecule has 1 fully saturated rings. The number of nitrogens with zero attached hydrogens (tertiary/aromatic N) is 2. The summed E-state index contributed by atoms with van der Waals surface area (Å²) in [7, 11) is 0. The Bertz CT molecular complexity index is 902. The van der Waals surface area contributed by atoms with Gasteiger partial charge in [0.25, 0.3) is 5.56 Å². The molecule has 1 saturated carbocycles. The number of alkyl halides is 3. The van der Waals surface area contributed by atoms with Crippen LogP contribution in [-0.4, -0.2) is 26.8 Å². The number of aromatic nitrogens is 2. The van der Waals surface area contributed by atoms with Crippen molar-refractivity contribution in [3.8, 4) is 5.69 Å². The Balaban J connectivity index is 2.04. The van der Waals surface area contributed by atoms with E-state index in [0.29, 0.717) is 10.7 Å². The van der Waals surface area contributed by atoms with E-state index in [1.165, 1.54) is 4.57 Å². The van der Waals surface area contributed by atoms with Crippen molar-refractivity contribution in [1.29, 1.82) is 0 Å². The lowest BCUT2D eigenvalue weighted by Crippen LogP contribution is -2.31. The molecule has 0 unspecified atom stereocenters. The molecule has 1 aromatic carbocycles. The standard InChI is InChI=1S/C18H16ClF3N2O3/c19-12-5-7-13(8-6-12)24-15(25)9-14(17(26)27)23-16(24)10-1-3-11(4-2-10)18(20,21)22/h5-11H,1-4H2,(H,26,27)/t10-,11+. The molecule has 0 amide bonds. The largest absolute Gasteiger partial charge is 0.477 e. The molecular weight excluding hydrogens is 385 g/mol. The topological polar surface area (TPSA) is 72.2 Å². The fourth-order valence-electron chi connectivity index (χ4n) is 3.41. The third-order valence-corrected chi connectivity index (χ3v) is 5.06. The van der Waals surface area contributed by atoms with Crippen LogP contribution in [0, 0.1) is 5.92 Å². The van der Waals surface area contributed by atoms with Crippen LogP contribution in [0.1, 0.15) is 47.9 Å². The van der Waals surface area contributed by atoms with E-state index in [2.05, 4.69) is 4.98 Å². The van der Waals surface area contributed by atoms with Crippen LogP contribution in [0.4, 0.5) is 13.2 Å². The lowest BCUT2D eigenvalue weighted by atomic mass is 9.81. The van der Waals surface area contributed by atoms with Gasteiger partial charge in [0, 0.05) is 17.0 Å². The fourth-order valence-corrected chi connectivity index (χ4v) is 3.54. The molecule has 0 saturated heterocycles. The first-order valence-corrected chi connectivity index (χ1v) is 8.74. The van der Waals surface area contributed by atoms with Gasteiger partial charge in [0.15, 0.2) is 5.69 Å². The van der Waals surface area contributed by atoms with Crippen LogP contribution in [0.5, 0.6) is 0 Å². The average Bonchev–Trinajstić information content (AvgIpc) is 2.61. The van der Waals surface area contributed by atoms with E-state index in [1.807, 2.05) is 0 Å². The third-order valence-electron chi connectivity index (χ3n) is 4.80. The minimum Gasteiger partial charge on any atom is -0.477 e.